The molecule has 4 rings (SSSR count). The molecular weight excluding hydrogens is 542 g/mol. The number of nitrogens with zero attached hydrogens (tertiary/aromatic N) is 4. The lowest BCUT2D eigenvalue weighted by atomic mass is 10.1. The zero-order chi connectivity index (χ0) is 22.2. The van der Waals surface area contributed by atoms with Crippen LogP contribution in [0.15, 0.2) is 67.4 Å². The van der Waals surface area contributed by atoms with Crippen LogP contribution < -0.4 is 0 Å². The van der Waals surface area contributed by atoms with Crippen LogP contribution in [0.1, 0.15) is 27.3 Å². The first-order valence-electron chi connectivity index (χ1n) is 8.85. The monoisotopic (exact) mass is 554 g/mol. The van der Waals surface area contributed by atoms with Gasteiger partial charge in [-0.15, -0.1) is 0 Å². The van der Waals surface area contributed by atoms with E-state index in [2.05, 4.69) is 56.7 Å². The van der Waals surface area contributed by atoms with Crippen LogP contribution in [0.5, 0.6) is 0 Å². The number of halogens is 4. The third-order valence-electron chi connectivity index (χ3n) is 3.97. The van der Waals surface area contributed by atoms with Crippen LogP contribution in [-0.4, -0.2) is 26.1 Å². The highest BCUT2D eigenvalue weighted by Gasteiger charge is 2.13. The number of Topliss-reactive ketones (excluding diaryl/α,β-unsaturated/α-hetero) is 1. The van der Waals surface area contributed by atoms with Gasteiger partial charge in [-0.05, 0) is 68.0 Å². The molecule has 31 heavy (non-hydrogen) atoms. The van der Waals surface area contributed by atoms with E-state index in [-0.39, 0.29) is 23.7 Å². The number of hydrogen-bond donors (Lipinski definition) is 0. The maximum absolute atomic E-state index is 12.9. The average Bonchev–Trinajstić information content (AvgIpc) is 3.46. The van der Waals surface area contributed by atoms with Crippen molar-refractivity contribution in [1.82, 2.24) is 20.3 Å². The minimum Gasteiger partial charge on any atom is -0.365 e. The van der Waals surface area contributed by atoms with E-state index in [1.54, 1.807) is 6.07 Å². The molecule has 4 heterocycles. The Morgan fingerprint density at radius 2 is 1.48 bits per heavy atom. The lowest BCUT2D eigenvalue weighted by molar-refractivity contribution is 0.0984. The van der Waals surface area contributed by atoms with E-state index in [4.69, 9.17) is 4.52 Å². The van der Waals surface area contributed by atoms with Gasteiger partial charge in [0.25, 0.3) is 0 Å². The number of carbonyl (C=O) groups excluding carboxylic acids is 1. The molecule has 0 unspecified atom stereocenters. The van der Waals surface area contributed by atoms with Gasteiger partial charge in [-0.3, -0.25) is 4.79 Å². The van der Waals surface area contributed by atoms with E-state index >= 15 is 0 Å². The molecule has 0 bridgehead atoms. The molecule has 11 heteroatoms. The van der Waals surface area contributed by atoms with Gasteiger partial charge in [-0.2, -0.15) is 0 Å². The molecule has 0 aliphatic carbocycles. The Kier molecular flexibility index (Phi) is 8.13. The summed E-state index contributed by atoms with van der Waals surface area (Å²) in [7, 11) is 0. The van der Waals surface area contributed by atoms with Crippen LogP contribution in [0.25, 0.3) is 0 Å². The van der Waals surface area contributed by atoms with E-state index in [1.165, 1.54) is 36.9 Å². The number of aryl methyl sites for hydroxylation is 2. The van der Waals surface area contributed by atoms with Gasteiger partial charge in [0.05, 0.1) is 18.1 Å². The first-order valence-corrected chi connectivity index (χ1v) is 10.4. The predicted octanol–water partition coefficient (Wildman–Crippen LogP) is 5.15. The molecule has 0 aromatic carbocycles. The van der Waals surface area contributed by atoms with Gasteiger partial charge in [0.2, 0.25) is 0 Å². The van der Waals surface area contributed by atoms with E-state index in [0.717, 1.165) is 17.5 Å². The summed E-state index contributed by atoms with van der Waals surface area (Å²) >= 11 is 6.42. The molecule has 7 nitrogen and oxygen atoms in total. The first kappa shape index (κ1) is 22.9. The molecule has 4 aromatic rings. The third-order valence-corrected chi connectivity index (χ3v) is 5.40. The topological polar surface area (TPSA) is 94.9 Å². The second-order valence-electron chi connectivity index (χ2n) is 6.18. The highest BCUT2D eigenvalue weighted by molar-refractivity contribution is 9.10. The average molecular weight is 556 g/mol. The van der Waals surface area contributed by atoms with Crippen molar-refractivity contribution in [2.75, 3.05) is 0 Å². The summed E-state index contributed by atoms with van der Waals surface area (Å²) in [6, 6.07) is 5.98. The smallest absolute Gasteiger partial charge is 0.189 e. The van der Waals surface area contributed by atoms with Crippen molar-refractivity contribution < 1.29 is 22.6 Å². The first-order chi connectivity index (χ1) is 14.9. The number of aromatic nitrogens is 4. The molecule has 0 spiro atoms. The number of hydrogen-bond acceptors (Lipinski definition) is 7. The van der Waals surface area contributed by atoms with Crippen LogP contribution in [0.3, 0.4) is 0 Å². The van der Waals surface area contributed by atoms with Crippen LogP contribution >= 0.6 is 31.9 Å². The van der Waals surface area contributed by atoms with Gasteiger partial charge in [0.15, 0.2) is 5.78 Å². The lowest BCUT2D eigenvalue weighted by Gasteiger charge is -2.01. The van der Waals surface area contributed by atoms with Crippen molar-refractivity contribution in [3.05, 3.63) is 92.5 Å². The van der Waals surface area contributed by atoms with Crippen LogP contribution in [0.4, 0.5) is 8.78 Å². The van der Waals surface area contributed by atoms with Crippen LogP contribution in [0.2, 0.25) is 0 Å². The summed E-state index contributed by atoms with van der Waals surface area (Å²) < 4.78 is 36.2. The molecule has 0 fully saturated rings. The molecule has 0 aliphatic rings. The fraction of sp³-hybridized carbons (Fsp3) is 0.150. The standard InChI is InChI=1S/C10H6BrFN2O2.C10H8BrFN2O/c11-10-6(3-7(12)5-13-10)4-9(15)8-1-2-16-14-8;11-10-7(5-8(12)6-13-10)1-2-9-3-4-15-14-9/h1-3,5H,4H2;3-6H,1-2H2. The lowest BCUT2D eigenvalue weighted by Crippen LogP contribution is -2.05. The van der Waals surface area contributed by atoms with Crippen molar-refractivity contribution in [3.63, 3.8) is 0 Å². The summed E-state index contributed by atoms with van der Waals surface area (Å²) in [5.74, 6) is -1.05. The molecule has 0 N–H and O–H groups in total. The highest BCUT2D eigenvalue weighted by Crippen LogP contribution is 2.17. The number of carbonyl (C=O) groups is 1. The second kappa shape index (κ2) is 11.0. The SMILES string of the molecule is Fc1cnc(Br)c(CCc2ccon2)c1.O=C(Cc1cc(F)cnc1Br)c1ccon1. The maximum Gasteiger partial charge on any atom is 0.189 e. The Morgan fingerprint density at radius 1 is 0.871 bits per heavy atom. The molecule has 0 saturated heterocycles. The van der Waals surface area contributed by atoms with Gasteiger partial charge in [0.1, 0.15) is 39.1 Å². The number of ketones is 1. The van der Waals surface area contributed by atoms with Crippen molar-refractivity contribution in [1.29, 1.82) is 0 Å². The van der Waals surface area contributed by atoms with Gasteiger partial charge in [-0.25, -0.2) is 18.7 Å². The molecular formula is C20H14Br2F2N4O3. The predicted molar refractivity (Wildman–Crippen MR) is 112 cm³/mol. The molecule has 0 amide bonds. The second-order valence-corrected chi connectivity index (χ2v) is 7.68. The van der Waals surface area contributed by atoms with E-state index < -0.39 is 5.82 Å². The molecule has 0 saturated carbocycles. The number of pyridine rings is 2. The summed E-state index contributed by atoms with van der Waals surface area (Å²) in [6.07, 6.45) is 6.51. The zero-order valence-electron chi connectivity index (χ0n) is 15.8. The van der Waals surface area contributed by atoms with Gasteiger partial charge in [0, 0.05) is 18.6 Å². The Labute approximate surface area is 192 Å². The minimum atomic E-state index is -0.480. The van der Waals surface area contributed by atoms with E-state index in [9.17, 15) is 13.6 Å². The fourth-order valence-corrected chi connectivity index (χ4v) is 3.25. The summed E-state index contributed by atoms with van der Waals surface area (Å²) in [4.78, 5) is 19.3. The minimum absolute atomic E-state index is 0.0257. The maximum atomic E-state index is 12.9. The van der Waals surface area contributed by atoms with Gasteiger partial charge >= 0.3 is 0 Å². The number of rotatable bonds is 6. The third kappa shape index (κ3) is 6.86. The Hall–Kier alpha value is -2.79. The van der Waals surface area contributed by atoms with E-state index in [0.29, 0.717) is 27.6 Å². The quantitative estimate of drug-likeness (QED) is 0.240. The Balaban J connectivity index is 0.000000176. The molecule has 4 aromatic heterocycles. The van der Waals surface area contributed by atoms with Crippen LogP contribution in [-0.2, 0) is 19.3 Å². The largest absolute Gasteiger partial charge is 0.365 e. The summed E-state index contributed by atoms with van der Waals surface area (Å²) in [5, 5.41) is 7.29. The normalized spacial score (nSPS) is 10.5. The van der Waals surface area contributed by atoms with Crippen molar-refractivity contribution in [3.8, 4) is 0 Å². The Bertz CT molecular complexity index is 1140. The van der Waals surface area contributed by atoms with E-state index in [1.807, 2.05) is 0 Å². The van der Waals surface area contributed by atoms with Gasteiger partial charge < -0.3 is 9.05 Å². The summed E-state index contributed by atoms with van der Waals surface area (Å²) in [6.45, 7) is 0. The molecule has 0 aliphatic heterocycles. The fourth-order valence-electron chi connectivity index (χ4n) is 2.48. The van der Waals surface area contributed by atoms with Crippen molar-refractivity contribution in [2.24, 2.45) is 0 Å². The summed E-state index contributed by atoms with van der Waals surface area (Å²) in [5.41, 5.74) is 2.38. The zero-order valence-corrected chi connectivity index (χ0v) is 18.9. The molecule has 0 atom stereocenters. The van der Waals surface area contributed by atoms with Gasteiger partial charge in [-0.1, -0.05) is 10.3 Å². The van der Waals surface area contributed by atoms with Crippen molar-refractivity contribution in [2.45, 2.75) is 19.3 Å². The highest BCUT2D eigenvalue weighted by atomic mass is 79.9. The van der Waals surface area contributed by atoms with Crippen LogP contribution in [0, 0.1) is 11.6 Å². The molecule has 160 valence electrons. The molecule has 0 radical (unpaired) electrons. The van der Waals surface area contributed by atoms with Crippen molar-refractivity contribution >= 4 is 37.6 Å². The Morgan fingerprint density at radius 3 is 2.10 bits per heavy atom.